The molecule has 0 aliphatic rings. The first-order chi connectivity index (χ1) is 10.0. The van der Waals surface area contributed by atoms with Gasteiger partial charge in [0.2, 0.25) is 0 Å². The van der Waals surface area contributed by atoms with Gasteiger partial charge in [-0.25, -0.2) is 0 Å². The van der Waals surface area contributed by atoms with Crippen LogP contribution in [0.25, 0.3) is 0 Å². The molecule has 0 aliphatic heterocycles. The van der Waals surface area contributed by atoms with Crippen LogP contribution in [0.15, 0.2) is 24.3 Å². The minimum atomic E-state index is -0.592. The van der Waals surface area contributed by atoms with Crippen LogP contribution in [-0.4, -0.2) is 42.6 Å². The molecule has 1 rings (SSSR count). The van der Waals surface area contributed by atoms with Gasteiger partial charge in [0.05, 0.1) is 0 Å². The number of rotatable bonds is 10. The molecule has 4 nitrogen and oxygen atoms in total. The van der Waals surface area contributed by atoms with E-state index < -0.39 is 6.10 Å². The summed E-state index contributed by atoms with van der Waals surface area (Å²) in [5.41, 5.74) is -0.100. The quantitative estimate of drug-likeness (QED) is 0.621. The van der Waals surface area contributed by atoms with Crippen molar-refractivity contribution in [3.05, 3.63) is 29.3 Å². The Bertz CT molecular complexity index is 385. The van der Waals surface area contributed by atoms with Crippen molar-refractivity contribution < 1.29 is 14.9 Å². The zero-order valence-electron chi connectivity index (χ0n) is 12.8. The maximum atomic E-state index is 9.90. The molecular weight excluding hydrogens is 290 g/mol. The molecule has 1 atom stereocenters. The molecule has 0 aliphatic carbocycles. The number of aliphatic hydroxyl groups is 2. The van der Waals surface area contributed by atoms with Gasteiger partial charge in [-0.05, 0) is 37.1 Å². The van der Waals surface area contributed by atoms with Gasteiger partial charge in [0, 0.05) is 30.1 Å². The molecule has 1 unspecified atom stereocenters. The highest BCUT2D eigenvalue weighted by molar-refractivity contribution is 6.30. The van der Waals surface area contributed by atoms with Crippen LogP contribution in [0.1, 0.15) is 26.7 Å². The fourth-order valence-electron chi connectivity index (χ4n) is 2.07. The highest BCUT2D eigenvalue weighted by atomic mass is 35.5. The Morgan fingerprint density at radius 3 is 2.38 bits per heavy atom. The molecule has 0 heterocycles. The van der Waals surface area contributed by atoms with E-state index in [4.69, 9.17) is 16.3 Å². The number of aliphatic hydroxyl groups excluding tert-OH is 2. The normalized spacial score (nSPS) is 13.2. The lowest BCUT2D eigenvalue weighted by molar-refractivity contribution is 0.0863. The summed E-state index contributed by atoms with van der Waals surface area (Å²) >= 11 is 5.79. The molecule has 0 aromatic heterocycles. The van der Waals surface area contributed by atoms with E-state index in [1.54, 1.807) is 24.3 Å². The van der Waals surface area contributed by atoms with Gasteiger partial charge in [-0.1, -0.05) is 25.4 Å². The first-order valence-electron chi connectivity index (χ1n) is 7.43. The Morgan fingerprint density at radius 1 is 1.24 bits per heavy atom. The summed E-state index contributed by atoms with van der Waals surface area (Å²) in [6.45, 7) is 5.65. The molecule has 0 fully saturated rings. The first-order valence-corrected chi connectivity index (χ1v) is 7.81. The van der Waals surface area contributed by atoms with Crippen LogP contribution >= 0.6 is 11.6 Å². The van der Waals surface area contributed by atoms with E-state index in [1.165, 1.54) is 0 Å². The number of benzene rings is 1. The lowest BCUT2D eigenvalue weighted by Crippen LogP contribution is -2.40. The monoisotopic (exact) mass is 315 g/mol. The molecule has 5 heteroatoms. The Morgan fingerprint density at radius 2 is 1.86 bits per heavy atom. The van der Waals surface area contributed by atoms with Gasteiger partial charge in [-0.15, -0.1) is 0 Å². The second-order valence-electron chi connectivity index (χ2n) is 5.41. The molecule has 21 heavy (non-hydrogen) atoms. The van der Waals surface area contributed by atoms with Crippen LogP contribution in [-0.2, 0) is 0 Å². The maximum Gasteiger partial charge on any atom is 0.119 e. The highest BCUT2D eigenvalue weighted by Gasteiger charge is 2.24. The Kier molecular flexibility index (Phi) is 8.04. The largest absolute Gasteiger partial charge is 0.491 e. The molecule has 0 amide bonds. The zero-order valence-corrected chi connectivity index (χ0v) is 13.6. The average Bonchev–Trinajstić information content (AvgIpc) is 2.51. The minimum absolute atomic E-state index is 0.100. The fourth-order valence-corrected chi connectivity index (χ4v) is 2.19. The molecule has 120 valence electrons. The predicted molar refractivity (Wildman–Crippen MR) is 85.9 cm³/mol. The smallest absolute Gasteiger partial charge is 0.119 e. The number of nitrogens with one attached hydrogen (secondary N) is 1. The van der Waals surface area contributed by atoms with Crippen molar-refractivity contribution in [1.82, 2.24) is 5.32 Å². The van der Waals surface area contributed by atoms with Crippen molar-refractivity contribution >= 4 is 11.6 Å². The van der Waals surface area contributed by atoms with E-state index >= 15 is 0 Å². The van der Waals surface area contributed by atoms with Gasteiger partial charge in [0.15, 0.2) is 0 Å². The van der Waals surface area contributed by atoms with E-state index in [1.807, 2.05) is 0 Å². The Labute approximate surface area is 132 Å². The molecule has 0 bridgehead atoms. The van der Waals surface area contributed by atoms with Gasteiger partial charge in [-0.3, -0.25) is 0 Å². The third kappa shape index (κ3) is 6.22. The lowest BCUT2D eigenvalue weighted by atomic mass is 9.83. The van der Waals surface area contributed by atoms with Crippen molar-refractivity contribution in [1.29, 1.82) is 0 Å². The van der Waals surface area contributed by atoms with E-state index in [2.05, 4.69) is 19.2 Å². The predicted octanol–water partition coefficient (Wildman–Crippen LogP) is 2.47. The minimum Gasteiger partial charge on any atom is -0.491 e. The first kappa shape index (κ1) is 18.2. The van der Waals surface area contributed by atoms with Gasteiger partial charge in [-0.2, -0.15) is 0 Å². The SMILES string of the molecule is CCC(CC)(CO)CNCC(O)COc1ccc(Cl)cc1. The van der Waals surface area contributed by atoms with E-state index in [-0.39, 0.29) is 18.6 Å². The van der Waals surface area contributed by atoms with Crippen LogP contribution in [0.4, 0.5) is 0 Å². The van der Waals surface area contributed by atoms with Crippen molar-refractivity contribution in [2.24, 2.45) is 5.41 Å². The van der Waals surface area contributed by atoms with Crippen LogP contribution in [0.5, 0.6) is 5.75 Å². The summed E-state index contributed by atoms with van der Waals surface area (Å²) < 4.78 is 5.49. The second-order valence-corrected chi connectivity index (χ2v) is 5.85. The van der Waals surface area contributed by atoms with Gasteiger partial charge in [0.1, 0.15) is 18.5 Å². The third-order valence-corrected chi connectivity index (χ3v) is 4.22. The molecule has 0 spiro atoms. The van der Waals surface area contributed by atoms with Crippen molar-refractivity contribution in [2.75, 3.05) is 26.3 Å². The number of hydrogen-bond acceptors (Lipinski definition) is 4. The van der Waals surface area contributed by atoms with Gasteiger partial charge in [0.25, 0.3) is 0 Å². The molecule has 0 saturated heterocycles. The zero-order chi connectivity index (χ0) is 15.7. The topological polar surface area (TPSA) is 61.7 Å². The number of halogens is 1. The molecule has 1 aromatic rings. The Balaban J connectivity index is 2.27. The highest BCUT2D eigenvalue weighted by Crippen LogP contribution is 2.24. The number of hydrogen-bond donors (Lipinski definition) is 3. The third-order valence-electron chi connectivity index (χ3n) is 3.97. The summed E-state index contributed by atoms with van der Waals surface area (Å²) in [6, 6.07) is 7.04. The molecule has 3 N–H and O–H groups in total. The summed E-state index contributed by atoms with van der Waals surface area (Å²) in [5, 5.41) is 23.3. The van der Waals surface area contributed by atoms with Crippen LogP contribution in [0.2, 0.25) is 5.02 Å². The summed E-state index contributed by atoms with van der Waals surface area (Å²) in [4.78, 5) is 0. The summed E-state index contributed by atoms with van der Waals surface area (Å²) in [6.07, 6.45) is 1.22. The summed E-state index contributed by atoms with van der Waals surface area (Å²) in [7, 11) is 0. The van der Waals surface area contributed by atoms with Crippen molar-refractivity contribution in [3.8, 4) is 5.75 Å². The summed E-state index contributed by atoms with van der Waals surface area (Å²) in [5.74, 6) is 0.685. The fraction of sp³-hybridized carbons (Fsp3) is 0.625. The second kappa shape index (κ2) is 9.26. The van der Waals surface area contributed by atoms with Crippen LogP contribution < -0.4 is 10.1 Å². The Hall–Kier alpha value is -0.810. The van der Waals surface area contributed by atoms with E-state index in [0.717, 1.165) is 12.8 Å². The average molecular weight is 316 g/mol. The maximum absolute atomic E-state index is 9.90. The number of ether oxygens (including phenoxy) is 1. The molecular formula is C16H26ClNO3. The van der Waals surface area contributed by atoms with Crippen molar-refractivity contribution in [3.63, 3.8) is 0 Å². The molecule has 1 aromatic carbocycles. The van der Waals surface area contributed by atoms with Gasteiger partial charge >= 0.3 is 0 Å². The van der Waals surface area contributed by atoms with Crippen molar-refractivity contribution in [2.45, 2.75) is 32.8 Å². The van der Waals surface area contributed by atoms with E-state index in [0.29, 0.717) is 23.9 Å². The van der Waals surface area contributed by atoms with Crippen LogP contribution in [0, 0.1) is 5.41 Å². The van der Waals surface area contributed by atoms with Gasteiger partial charge < -0.3 is 20.3 Å². The molecule has 0 saturated carbocycles. The standard InChI is InChI=1S/C16H26ClNO3/c1-3-16(4-2,12-19)11-18-9-14(20)10-21-15-7-5-13(17)6-8-15/h5-8,14,18-20H,3-4,9-12H2,1-2H3. The van der Waals surface area contributed by atoms with E-state index in [9.17, 15) is 10.2 Å². The van der Waals surface area contributed by atoms with Crippen LogP contribution in [0.3, 0.4) is 0 Å². The molecule has 0 radical (unpaired) electrons. The lowest BCUT2D eigenvalue weighted by Gasteiger charge is -2.30.